The van der Waals surface area contributed by atoms with Crippen LogP contribution >= 0.6 is 0 Å². The first kappa shape index (κ1) is 58.1. The number of aromatic amines is 2. The number of piperidine rings is 1. The Morgan fingerprint density at radius 2 is 1.76 bits per heavy atom. The van der Waals surface area contributed by atoms with E-state index in [1.54, 1.807) is 30.2 Å². The Labute approximate surface area is 518 Å². The maximum absolute atomic E-state index is 16.3. The van der Waals surface area contributed by atoms with Crippen LogP contribution in [0.2, 0.25) is 0 Å². The average Bonchev–Trinajstić information content (AvgIpc) is 1.30. The second-order valence-electron chi connectivity index (χ2n) is 26.0. The van der Waals surface area contributed by atoms with Crippen molar-refractivity contribution in [1.29, 1.82) is 0 Å². The van der Waals surface area contributed by atoms with E-state index in [2.05, 4.69) is 66.3 Å². The number of halogens is 1. The first-order valence-electron chi connectivity index (χ1n) is 32.3. The van der Waals surface area contributed by atoms with Crippen LogP contribution < -0.4 is 35.9 Å². The number of piperazine rings is 1. The number of carbonyl (C=O) groups is 2. The molecule has 2 amide bonds. The van der Waals surface area contributed by atoms with E-state index in [0.29, 0.717) is 82.7 Å². The molecular formula is C67H77FN14O8. The molecule has 22 nitrogen and oxygen atoms in total. The maximum atomic E-state index is 16.3. The molecule has 3 aromatic carbocycles. The molecule has 5 aromatic heterocycles. The molecule has 2 bridgehead atoms. The third kappa shape index (κ3) is 10.8. The molecule has 7 aliphatic rings. The van der Waals surface area contributed by atoms with Gasteiger partial charge in [-0.05, 0) is 130 Å². The zero-order valence-electron chi connectivity index (χ0n) is 51.3. The lowest BCUT2D eigenvalue weighted by Crippen LogP contribution is -2.50. The van der Waals surface area contributed by atoms with Gasteiger partial charge in [0.1, 0.15) is 53.8 Å². The van der Waals surface area contributed by atoms with Gasteiger partial charge in [-0.15, -0.1) is 0 Å². The van der Waals surface area contributed by atoms with Crippen molar-refractivity contribution >= 4 is 66.8 Å². The Morgan fingerprint density at radius 3 is 2.53 bits per heavy atom. The van der Waals surface area contributed by atoms with Gasteiger partial charge in [0.2, 0.25) is 11.8 Å². The first-order valence-corrected chi connectivity index (χ1v) is 32.3. The molecule has 8 aromatic rings. The molecule has 0 radical (unpaired) electrons. The van der Waals surface area contributed by atoms with Crippen LogP contribution in [0.15, 0.2) is 77.7 Å². The Balaban J connectivity index is 0.732. The Morgan fingerprint density at radius 1 is 0.922 bits per heavy atom. The van der Waals surface area contributed by atoms with Gasteiger partial charge in [-0.3, -0.25) is 28.8 Å². The summed E-state index contributed by atoms with van der Waals surface area (Å²) < 4.78 is 46.1. The molecule has 0 spiro atoms. The number of carbonyl (C=O) groups excluding carboxylic acids is 2. The van der Waals surface area contributed by atoms with E-state index in [-0.39, 0.29) is 91.3 Å². The van der Waals surface area contributed by atoms with Gasteiger partial charge in [0.25, 0.3) is 5.56 Å². The van der Waals surface area contributed by atoms with Crippen molar-refractivity contribution in [2.24, 2.45) is 11.8 Å². The lowest BCUT2D eigenvalue weighted by molar-refractivity contribution is -0.142. The number of pyridine rings is 1. The van der Waals surface area contributed by atoms with E-state index in [4.69, 9.17) is 34.0 Å². The molecule has 5 aliphatic heterocycles. The lowest BCUT2D eigenvalue weighted by Gasteiger charge is -2.32. The number of β-amino-alcohol motifs (C(OH)–C–C–N with tert-alkyl or cyclic N) is 1. The molecule has 6 atom stereocenters. The second kappa shape index (κ2) is 23.8. The fraction of sp³-hybridized carbons (Fsp3) is 0.493. The van der Waals surface area contributed by atoms with Crippen LogP contribution in [-0.4, -0.2) is 155 Å². The molecule has 10 heterocycles. The van der Waals surface area contributed by atoms with Crippen molar-refractivity contribution in [3.05, 3.63) is 111 Å². The fourth-order valence-corrected chi connectivity index (χ4v) is 14.8. The number of hydrogen-bond acceptors (Lipinski definition) is 16. The van der Waals surface area contributed by atoms with Crippen LogP contribution in [0, 0.1) is 24.6 Å². The number of nitrogens with one attached hydrogen (secondary N) is 5. The van der Waals surface area contributed by atoms with Crippen molar-refractivity contribution in [1.82, 2.24) is 65.6 Å². The van der Waals surface area contributed by atoms with Gasteiger partial charge in [0, 0.05) is 121 Å². The molecule has 470 valence electrons. The number of allylic oxidation sites excluding steroid dienone is 3. The van der Waals surface area contributed by atoms with Gasteiger partial charge < -0.3 is 54.8 Å². The van der Waals surface area contributed by atoms with Crippen LogP contribution in [0.1, 0.15) is 113 Å². The minimum atomic E-state index is -0.940. The van der Waals surface area contributed by atoms with Gasteiger partial charge in [0.05, 0.1) is 36.7 Å². The van der Waals surface area contributed by atoms with E-state index in [1.807, 2.05) is 42.8 Å². The Hall–Kier alpha value is -8.25. The van der Waals surface area contributed by atoms with Crippen molar-refractivity contribution in [2.45, 2.75) is 147 Å². The molecule has 23 heteroatoms. The summed E-state index contributed by atoms with van der Waals surface area (Å²) in [4.78, 5) is 61.1. The number of aliphatic hydroxyl groups is 1. The second-order valence-corrected chi connectivity index (χ2v) is 26.0. The molecule has 15 rings (SSSR count). The number of nitrogens with zero attached hydrogens (tertiary/aromatic N) is 9. The van der Waals surface area contributed by atoms with Crippen LogP contribution in [0.4, 0.5) is 10.2 Å². The number of rotatable bonds is 18. The van der Waals surface area contributed by atoms with Crippen molar-refractivity contribution in [2.75, 3.05) is 57.4 Å². The summed E-state index contributed by atoms with van der Waals surface area (Å²) in [6.07, 6.45) is 15.3. The lowest BCUT2D eigenvalue weighted by atomic mass is 9.88. The summed E-state index contributed by atoms with van der Waals surface area (Å²) >= 11 is 0. The Bertz CT molecular complexity index is 4230. The van der Waals surface area contributed by atoms with Crippen molar-refractivity contribution in [3.8, 4) is 22.9 Å². The molecule has 90 heavy (non-hydrogen) atoms. The summed E-state index contributed by atoms with van der Waals surface area (Å²) in [5.74, 6) is 0.670. The Kier molecular flexibility index (Phi) is 15.4. The zero-order chi connectivity index (χ0) is 61.5. The number of ether oxygens (including phenoxy) is 4. The largest absolute Gasteiger partial charge is 0.494 e. The quantitative estimate of drug-likeness (QED) is 0.0483. The van der Waals surface area contributed by atoms with Crippen LogP contribution in [0.5, 0.6) is 11.8 Å². The maximum Gasteiger partial charge on any atom is 0.319 e. The number of hydrogen-bond donors (Lipinski definition) is 6. The van der Waals surface area contributed by atoms with Crippen LogP contribution in [-0.2, 0) is 32.2 Å². The zero-order valence-corrected chi connectivity index (χ0v) is 51.3. The predicted octanol–water partition coefficient (Wildman–Crippen LogP) is 7.62. The highest BCUT2D eigenvalue weighted by Crippen LogP contribution is 2.54. The van der Waals surface area contributed by atoms with Crippen molar-refractivity contribution < 1.29 is 38.0 Å². The van der Waals surface area contributed by atoms with Gasteiger partial charge in [0.15, 0.2) is 11.3 Å². The fourth-order valence-electron chi connectivity index (χ4n) is 14.8. The number of H-pyrrole nitrogens is 2. The van der Waals surface area contributed by atoms with Gasteiger partial charge in [-0.2, -0.15) is 25.3 Å². The normalized spacial score (nSPS) is 22.8. The molecule has 1 saturated carbocycles. The van der Waals surface area contributed by atoms with E-state index in [0.717, 1.165) is 115 Å². The summed E-state index contributed by atoms with van der Waals surface area (Å²) in [6, 6.07) is 10.4. The molecule has 5 saturated heterocycles. The van der Waals surface area contributed by atoms with Gasteiger partial charge in [-0.1, -0.05) is 32.1 Å². The SMILES string of the molecule is CCn1nccc1C1=CCC(CNC(=O)[C@@H]2C[C@@H](O)CN2C(=O)[C@H](C(C)C)n2cc3c(n2)c(=O)[nH]c2cc(COc4c(-c5c(C)c(F)cc6[nH]ncc56)c(C5CC5)cc5c(N6C[C@@H]7C[C@H]6CN7)nc(OC6CCOCC6)nc45)ccc23)C(OC2CCNCC2)=C1. The third-order valence-electron chi connectivity index (χ3n) is 19.6. The standard InChI is InChI=1S/C67H77FN14O8/c1-5-81-54(14-19-73-81)39-9-10-40(56(23-39)89-44-12-17-69-18-13-44)28-71-64(84)55-25-43(83)32-80(55)66(86)61(35(2)3)82-33-50-46-11-6-37(22-52(46)74-65(85)60(50)78-82)34-88-62-58(57-36(4)51(68)27-53-49(57)30-72-77-53)47(38-7-8-38)26-48-59(62)75-67(90-45-15-20-87-21-16-45)76-63(48)79-31-41-24-42(79)29-70-41/h6,9,11,14,19,22-23,26-27,30,33,35,38,40-45,55,61,69-70,83H,5,7-8,10,12-13,15-18,20-21,24-25,28-29,31-32,34H2,1-4H3,(H,71,84)(H,72,77)(H,74,85)/t40?,41-,42-,43+,55-,61-/m0/s1. The van der Waals surface area contributed by atoms with Gasteiger partial charge >= 0.3 is 6.01 Å². The van der Waals surface area contributed by atoms with Crippen LogP contribution in [0.25, 0.3) is 60.3 Å². The number of fused-ring (bicyclic) bond motifs is 7. The monoisotopic (exact) mass is 1220 g/mol. The molecule has 6 N–H and O–H groups in total. The predicted molar refractivity (Wildman–Crippen MR) is 338 cm³/mol. The summed E-state index contributed by atoms with van der Waals surface area (Å²) in [5.41, 5.74) is 7.04. The number of anilines is 1. The minimum Gasteiger partial charge on any atom is -0.494 e. The number of likely N-dealkylation sites (tertiary alicyclic amines) is 1. The molecule has 6 fully saturated rings. The van der Waals surface area contributed by atoms with Crippen LogP contribution in [0.3, 0.4) is 0 Å². The number of amides is 2. The smallest absolute Gasteiger partial charge is 0.319 e. The summed E-state index contributed by atoms with van der Waals surface area (Å²) in [7, 11) is 0. The summed E-state index contributed by atoms with van der Waals surface area (Å²) in [6.45, 7) is 13.2. The summed E-state index contributed by atoms with van der Waals surface area (Å²) in [5, 5.41) is 40.9. The highest BCUT2D eigenvalue weighted by Gasteiger charge is 2.44. The first-order chi connectivity index (χ1) is 43.8. The number of benzene rings is 3. The molecule has 1 unspecified atom stereocenters. The highest BCUT2D eigenvalue weighted by atomic mass is 19.1. The number of aryl methyl sites for hydroxylation is 1. The molecule has 2 aliphatic carbocycles. The van der Waals surface area contributed by atoms with E-state index < -0.39 is 23.7 Å². The highest BCUT2D eigenvalue weighted by molar-refractivity contribution is 6.07. The van der Waals surface area contributed by atoms with E-state index in [9.17, 15) is 14.7 Å². The van der Waals surface area contributed by atoms with E-state index in [1.165, 1.54) is 11.0 Å². The number of aliphatic hydroxyl groups excluding tert-OH is 1. The topological polar surface area (TPSA) is 257 Å². The minimum absolute atomic E-state index is 0.0338. The van der Waals surface area contributed by atoms with Crippen molar-refractivity contribution in [3.63, 3.8) is 0 Å². The van der Waals surface area contributed by atoms with E-state index >= 15 is 9.18 Å². The number of aromatic nitrogens is 9. The van der Waals surface area contributed by atoms with Gasteiger partial charge in [-0.25, -0.2) is 4.39 Å². The third-order valence-corrected chi connectivity index (χ3v) is 19.6. The average molecular weight is 1230 g/mol. The molecular weight excluding hydrogens is 1150 g/mol.